The van der Waals surface area contributed by atoms with Crippen LogP contribution in [0.25, 0.3) is 0 Å². The molecule has 2 heterocycles. The molecule has 1 aliphatic heterocycles. The molecule has 34 heavy (non-hydrogen) atoms. The maximum Gasteiger partial charge on any atom is 0.325 e. The van der Waals surface area contributed by atoms with Crippen LogP contribution in [0.2, 0.25) is 0 Å². The van der Waals surface area contributed by atoms with Crippen LogP contribution in [0.4, 0.5) is 0 Å². The largest absolute Gasteiger partial charge is 0.480 e. The Labute approximate surface area is 197 Å². The van der Waals surface area contributed by atoms with E-state index in [1.165, 1.54) is 18.2 Å². The molecule has 1 saturated heterocycles. The number of imidazole rings is 1. The van der Waals surface area contributed by atoms with Crippen molar-refractivity contribution in [2.24, 2.45) is 5.73 Å². The molecule has 1 aliphatic rings. The third-order valence-electron chi connectivity index (χ3n) is 5.78. The molecular formula is C23H30N6O5. The van der Waals surface area contributed by atoms with Gasteiger partial charge >= 0.3 is 5.97 Å². The predicted octanol–water partition coefficient (Wildman–Crippen LogP) is -0.413. The van der Waals surface area contributed by atoms with Crippen LogP contribution in [0.15, 0.2) is 42.9 Å². The quantitative estimate of drug-likeness (QED) is 0.314. The Morgan fingerprint density at radius 3 is 2.59 bits per heavy atom. The summed E-state index contributed by atoms with van der Waals surface area (Å²) in [4.78, 5) is 58.5. The molecule has 0 aliphatic carbocycles. The summed E-state index contributed by atoms with van der Waals surface area (Å²) in [5.74, 6) is -2.63. The second-order valence-corrected chi connectivity index (χ2v) is 8.38. The minimum atomic E-state index is -1.18. The van der Waals surface area contributed by atoms with E-state index in [1.54, 1.807) is 6.20 Å². The van der Waals surface area contributed by atoms with Gasteiger partial charge in [0.2, 0.25) is 17.7 Å². The van der Waals surface area contributed by atoms with Gasteiger partial charge in [0.15, 0.2) is 0 Å². The van der Waals surface area contributed by atoms with Crippen molar-refractivity contribution < 1.29 is 24.3 Å². The molecule has 2 aromatic rings. The van der Waals surface area contributed by atoms with Crippen LogP contribution in [0.1, 0.15) is 31.0 Å². The SMILES string of the molecule is C[C@H](NC(=O)[C@H](Cc1ccccc1)NC(=O)[C@@H]1CCCN1C(=O)[C@H](N)Cc1c[nH]cn1)C(=O)O. The van der Waals surface area contributed by atoms with Gasteiger partial charge in [-0.1, -0.05) is 30.3 Å². The van der Waals surface area contributed by atoms with Crippen molar-refractivity contribution in [3.63, 3.8) is 0 Å². The van der Waals surface area contributed by atoms with Crippen molar-refractivity contribution in [1.82, 2.24) is 25.5 Å². The van der Waals surface area contributed by atoms with Crippen molar-refractivity contribution in [3.8, 4) is 0 Å². The Balaban J connectivity index is 1.70. The fourth-order valence-electron chi connectivity index (χ4n) is 3.93. The normalized spacial score (nSPS) is 18.1. The number of hydrogen-bond acceptors (Lipinski definition) is 6. The number of aliphatic carboxylic acids is 1. The summed E-state index contributed by atoms with van der Waals surface area (Å²) >= 11 is 0. The van der Waals surface area contributed by atoms with E-state index in [4.69, 9.17) is 10.8 Å². The molecule has 6 N–H and O–H groups in total. The van der Waals surface area contributed by atoms with Gasteiger partial charge in [-0.2, -0.15) is 0 Å². The molecular weight excluding hydrogens is 440 g/mol. The average molecular weight is 471 g/mol. The first-order valence-corrected chi connectivity index (χ1v) is 11.2. The number of amides is 3. The second kappa shape index (κ2) is 11.4. The summed E-state index contributed by atoms with van der Waals surface area (Å²) in [5, 5.41) is 14.3. The molecule has 0 radical (unpaired) electrons. The van der Waals surface area contributed by atoms with E-state index in [0.29, 0.717) is 25.1 Å². The standard InChI is InChI=1S/C23H30N6O5/c1-14(23(33)34)27-20(30)18(10-15-6-3-2-4-7-15)28-21(31)19-8-5-9-29(19)22(32)17(24)11-16-12-25-13-26-16/h2-4,6-7,12-14,17-19H,5,8-11,24H2,1H3,(H,25,26)(H,27,30)(H,28,31)(H,33,34)/t14-,17+,18-,19-/m0/s1. The van der Waals surface area contributed by atoms with E-state index in [9.17, 15) is 19.2 Å². The van der Waals surface area contributed by atoms with E-state index in [-0.39, 0.29) is 18.7 Å². The van der Waals surface area contributed by atoms with E-state index >= 15 is 0 Å². The minimum absolute atomic E-state index is 0.171. The Morgan fingerprint density at radius 1 is 1.21 bits per heavy atom. The lowest BCUT2D eigenvalue weighted by atomic mass is 10.0. The molecule has 4 atom stereocenters. The number of carboxylic acid groups (broad SMARTS) is 1. The summed E-state index contributed by atoms with van der Waals surface area (Å²) in [5.41, 5.74) is 7.53. The first kappa shape index (κ1) is 24.9. The lowest BCUT2D eigenvalue weighted by Crippen LogP contribution is -2.57. The molecule has 11 heteroatoms. The Kier molecular flexibility index (Phi) is 8.36. The van der Waals surface area contributed by atoms with Gasteiger partial charge in [0, 0.05) is 25.6 Å². The van der Waals surface area contributed by atoms with Crippen LogP contribution < -0.4 is 16.4 Å². The smallest absolute Gasteiger partial charge is 0.325 e. The van der Waals surface area contributed by atoms with E-state index in [2.05, 4.69) is 20.6 Å². The topological polar surface area (TPSA) is 171 Å². The number of nitrogens with two attached hydrogens (primary N) is 1. The third kappa shape index (κ3) is 6.41. The number of benzene rings is 1. The van der Waals surface area contributed by atoms with Crippen LogP contribution >= 0.6 is 0 Å². The Hall–Kier alpha value is -3.73. The lowest BCUT2D eigenvalue weighted by Gasteiger charge is -2.28. The molecule has 0 saturated carbocycles. The van der Waals surface area contributed by atoms with Gasteiger partial charge in [0.25, 0.3) is 0 Å². The van der Waals surface area contributed by atoms with Crippen LogP contribution in [0.5, 0.6) is 0 Å². The monoisotopic (exact) mass is 470 g/mol. The average Bonchev–Trinajstić information content (AvgIpc) is 3.50. The number of carboxylic acids is 1. The molecule has 1 aromatic heterocycles. The van der Waals surface area contributed by atoms with Gasteiger partial charge in [0.1, 0.15) is 18.1 Å². The van der Waals surface area contributed by atoms with Gasteiger partial charge < -0.3 is 31.4 Å². The van der Waals surface area contributed by atoms with Gasteiger partial charge in [-0.05, 0) is 25.3 Å². The zero-order chi connectivity index (χ0) is 24.7. The summed E-state index contributed by atoms with van der Waals surface area (Å²) in [6.07, 6.45) is 4.64. The first-order chi connectivity index (χ1) is 16.3. The predicted molar refractivity (Wildman–Crippen MR) is 122 cm³/mol. The molecule has 3 rings (SSSR count). The number of aromatic nitrogens is 2. The molecule has 0 bridgehead atoms. The number of likely N-dealkylation sites (tertiary alicyclic amines) is 1. The molecule has 11 nitrogen and oxygen atoms in total. The maximum atomic E-state index is 13.2. The minimum Gasteiger partial charge on any atom is -0.480 e. The zero-order valence-corrected chi connectivity index (χ0v) is 18.9. The first-order valence-electron chi connectivity index (χ1n) is 11.2. The van der Waals surface area contributed by atoms with Crippen molar-refractivity contribution in [3.05, 3.63) is 54.1 Å². The van der Waals surface area contributed by atoms with Crippen molar-refractivity contribution >= 4 is 23.7 Å². The van der Waals surface area contributed by atoms with E-state index in [0.717, 1.165) is 5.56 Å². The fourth-order valence-corrected chi connectivity index (χ4v) is 3.93. The van der Waals surface area contributed by atoms with Gasteiger partial charge in [-0.25, -0.2) is 4.98 Å². The van der Waals surface area contributed by atoms with Crippen LogP contribution in [0.3, 0.4) is 0 Å². The third-order valence-corrected chi connectivity index (χ3v) is 5.78. The number of carbonyl (C=O) groups excluding carboxylic acids is 3. The highest BCUT2D eigenvalue weighted by molar-refractivity contribution is 5.94. The van der Waals surface area contributed by atoms with Crippen molar-refractivity contribution in [2.75, 3.05) is 6.54 Å². The van der Waals surface area contributed by atoms with Gasteiger partial charge in [-0.15, -0.1) is 0 Å². The molecule has 3 amide bonds. The van der Waals surface area contributed by atoms with Crippen molar-refractivity contribution in [2.45, 2.75) is 56.8 Å². The highest BCUT2D eigenvalue weighted by atomic mass is 16.4. The number of H-pyrrole nitrogens is 1. The number of nitrogens with one attached hydrogen (secondary N) is 3. The summed E-state index contributed by atoms with van der Waals surface area (Å²) in [6.45, 7) is 1.73. The molecule has 0 spiro atoms. The van der Waals surface area contributed by atoms with E-state index in [1.807, 2.05) is 30.3 Å². The summed E-state index contributed by atoms with van der Waals surface area (Å²) in [6, 6.07) is 5.34. The summed E-state index contributed by atoms with van der Waals surface area (Å²) < 4.78 is 0. The van der Waals surface area contributed by atoms with Gasteiger partial charge in [0.05, 0.1) is 18.1 Å². The Morgan fingerprint density at radius 2 is 1.94 bits per heavy atom. The highest BCUT2D eigenvalue weighted by Crippen LogP contribution is 2.19. The molecule has 1 aromatic carbocycles. The molecule has 182 valence electrons. The second-order valence-electron chi connectivity index (χ2n) is 8.38. The van der Waals surface area contributed by atoms with E-state index < -0.39 is 42.0 Å². The van der Waals surface area contributed by atoms with Crippen LogP contribution in [-0.2, 0) is 32.0 Å². The highest BCUT2D eigenvalue weighted by Gasteiger charge is 2.38. The summed E-state index contributed by atoms with van der Waals surface area (Å²) in [7, 11) is 0. The molecule has 1 fully saturated rings. The number of nitrogens with zero attached hydrogens (tertiary/aromatic N) is 2. The van der Waals surface area contributed by atoms with Gasteiger partial charge in [-0.3, -0.25) is 19.2 Å². The number of hydrogen-bond donors (Lipinski definition) is 5. The zero-order valence-electron chi connectivity index (χ0n) is 18.9. The number of carbonyl (C=O) groups is 4. The lowest BCUT2D eigenvalue weighted by molar-refractivity contribution is -0.142. The van der Waals surface area contributed by atoms with Crippen LogP contribution in [-0.4, -0.2) is 74.4 Å². The van der Waals surface area contributed by atoms with Crippen LogP contribution in [0, 0.1) is 0 Å². The fraction of sp³-hybridized carbons (Fsp3) is 0.435. The molecule has 0 unspecified atom stereocenters. The maximum absolute atomic E-state index is 13.2. The number of rotatable bonds is 10. The Bertz CT molecular complexity index is 997. The number of aromatic amines is 1. The van der Waals surface area contributed by atoms with Crippen molar-refractivity contribution in [1.29, 1.82) is 0 Å².